The molecule has 0 saturated carbocycles. The van der Waals surface area contributed by atoms with Gasteiger partial charge in [0.05, 0.1) is 7.11 Å². The van der Waals surface area contributed by atoms with Crippen molar-refractivity contribution in [2.75, 3.05) is 7.11 Å². The van der Waals surface area contributed by atoms with Crippen LogP contribution in [0.15, 0.2) is 57.7 Å². The summed E-state index contributed by atoms with van der Waals surface area (Å²) in [4.78, 5) is 11.9. The summed E-state index contributed by atoms with van der Waals surface area (Å²) in [5.41, 5.74) is -2.52. The number of methoxy groups -OCH3 is 1. The van der Waals surface area contributed by atoms with Crippen LogP contribution in [0, 0.1) is 0 Å². The predicted molar refractivity (Wildman–Crippen MR) is 79.5 cm³/mol. The molecule has 1 heterocycles. The van der Waals surface area contributed by atoms with Crippen LogP contribution in [0.25, 0.3) is 22.1 Å². The summed E-state index contributed by atoms with van der Waals surface area (Å²) in [6.07, 6.45) is -4.82. The van der Waals surface area contributed by atoms with Gasteiger partial charge in [-0.05, 0) is 23.8 Å². The fourth-order valence-electron chi connectivity index (χ4n) is 2.46. The number of alkyl halides is 3. The highest BCUT2D eigenvalue weighted by Gasteiger charge is 2.39. The van der Waals surface area contributed by atoms with Gasteiger partial charge in [0.1, 0.15) is 16.9 Å². The Bertz CT molecular complexity index is 909. The molecule has 0 unspecified atom stereocenters. The van der Waals surface area contributed by atoms with Gasteiger partial charge < -0.3 is 9.15 Å². The molecular formula is C17H11F3O3. The molecule has 0 bridgehead atoms. The van der Waals surface area contributed by atoms with Gasteiger partial charge in [-0.25, -0.2) is 4.79 Å². The van der Waals surface area contributed by atoms with Crippen molar-refractivity contribution in [1.82, 2.24) is 0 Å². The van der Waals surface area contributed by atoms with Gasteiger partial charge in [0.2, 0.25) is 0 Å². The molecule has 3 nitrogen and oxygen atoms in total. The zero-order valence-electron chi connectivity index (χ0n) is 12.0. The second-order valence-corrected chi connectivity index (χ2v) is 4.86. The molecule has 0 N–H and O–H groups in total. The minimum absolute atomic E-state index is 0.108. The van der Waals surface area contributed by atoms with Crippen molar-refractivity contribution in [1.29, 1.82) is 0 Å². The van der Waals surface area contributed by atoms with Crippen molar-refractivity contribution >= 4 is 11.0 Å². The lowest BCUT2D eigenvalue weighted by atomic mass is 9.96. The Morgan fingerprint density at radius 3 is 2.26 bits per heavy atom. The van der Waals surface area contributed by atoms with Crippen molar-refractivity contribution in [2.45, 2.75) is 6.18 Å². The minimum Gasteiger partial charge on any atom is -0.497 e. The van der Waals surface area contributed by atoms with Gasteiger partial charge >= 0.3 is 11.8 Å². The molecule has 3 rings (SSSR count). The highest BCUT2D eigenvalue weighted by Crippen LogP contribution is 2.39. The first-order valence-corrected chi connectivity index (χ1v) is 6.69. The molecule has 0 spiro atoms. The Morgan fingerprint density at radius 2 is 1.65 bits per heavy atom. The monoisotopic (exact) mass is 320 g/mol. The van der Waals surface area contributed by atoms with Crippen LogP contribution in [0.1, 0.15) is 5.56 Å². The molecule has 0 fully saturated rings. The van der Waals surface area contributed by atoms with E-state index in [4.69, 9.17) is 9.15 Å². The van der Waals surface area contributed by atoms with Gasteiger partial charge in [-0.1, -0.05) is 30.3 Å². The van der Waals surface area contributed by atoms with E-state index in [0.29, 0.717) is 5.75 Å². The molecule has 3 aromatic rings. The Kier molecular flexibility index (Phi) is 3.60. The van der Waals surface area contributed by atoms with E-state index < -0.39 is 17.4 Å². The van der Waals surface area contributed by atoms with Crippen LogP contribution in [0.2, 0.25) is 0 Å². The van der Waals surface area contributed by atoms with E-state index in [0.717, 1.165) is 0 Å². The standard InChI is InChI=1S/C17H11F3O3/c1-22-11-8-6-10(7-9-11)14-12-4-2-3-5-13(12)23-16(21)15(14)17(18,19)20/h2-9H,1H3. The highest BCUT2D eigenvalue weighted by molar-refractivity contribution is 5.95. The first-order valence-electron chi connectivity index (χ1n) is 6.69. The first kappa shape index (κ1) is 15.1. The molecule has 0 amide bonds. The minimum atomic E-state index is -4.82. The number of halogens is 3. The van der Waals surface area contributed by atoms with Gasteiger partial charge in [-0.2, -0.15) is 13.2 Å². The van der Waals surface area contributed by atoms with E-state index in [-0.39, 0.29) is 22.1 Å². The molecule has 23 heavy (non-hydrogen) atoms. The largest absolute Gasteiger partial charge is 0.497 e. The molecule has 0 saturated heterocycles. The quantitative estimate of drug-likeness (QED) is 0.653. The second-order valence-electron chi connectivity index (χ2n) is 4.86. The van der Waals surface area contributed by atoms with E-state index in [1.807, 2.05) is 0 Å². The van der Waals surface area contributed by atoms with Crippen LogP contribution in [-0.4, -0.2) is 7.11 Å². The summed E-state index contributed by atoms with van der Waals surface area (Å²) in [5.74, 6) is 0.509. The molecule has 6 heteroatoms. The molecule has 0 aliphatic heterocycles. The first-order chi connectivity index (χ1) is 10.9. The number of hydrogen-bond donors (Lipinski definition) is 0. The fourth-order valence-corrected chi connectivity index (χ4v) is 2.46. The zero-order valence-corrected chi connectivity index (χ0v) is 12.0. The van der Waals surface area contributed by atoms with E-state index in [1.54, 1.807) is 24.3 Å². The Morgan fingerprint density at radius 1 is 1.00 bits per heavy atom. The molecule has 0 atom stereocenters. The number of hydrogen-bond acceptors (Lipinski definition) is 3. The summed E-state index contributed by atoms with van der Waals surface area (Å²) in [6.45, 7) is 0. The topological polar surface area (TPSA) is 39.4 Å². The van der Waals surface area contributed by atoms with Crippen molar-refractivity contribution in [2.24, 2.45) is 0 Å². The molecule has 0 aliphatic carbocycles. The van der Waals surface area contributed by atoms with Gasteiger partial charge in [-0.15, -0.1) is 0 Å². The van der Waals surface area contributed by atoms with Crippen LogP contribution in [0.4, 0.5) is 13.2 Å². The Balaban J connectivity index is 2.42. The number of rotatable bonds is 2. The normalized spacial score (nSPS) is 11.7. The third kappa shape index (κ3) is 2.67. The maximum Gasteiger partial charge on any atom is 0.424 e. The summed E-state index contributed by atoms with van der Waals surface area (Å²) in [7, 11) is 1.46. The van der Waals surface area contributed by atoms with Crippen molar-refractivity contribution < 1.29 is 22.3 Å². The maximum atomic E-state index is 13.4. The van der Waals surface area contributed by atoms with Crippen molar-refractivity contribution in [3.05, 3.63) is 64.5 Å². The van der Waals surface area contributed by atoms with Crippen LogP contribution in [-0.2, 0) is 6.18 Å². The Hall–Kier alpha value is -2.76. The highest BCUT2D eigenvalue weighted by atomic mass is 19.4. The number of para-hydroxylation sites is 1. The average Bonchev–Trinajstić information content (AvgIpc) is 2.52. The lowest BCUT2D eigenvalue weighted by Crippen LogP contribution is -2.20. The third-order valence-electron chi connectivity index (χ3n) is 3.48. The number of ether oxygens (including phenoxy) is 1. The number of fused-ring (bicyclic) bond motifs is 1. The van der Waals surface area contributed by atoms with Crippen molar-refractivity contribution in [3.63, 3.8) is 0 Å². The van der Waals surface area contributed by atoms with Crippen LogP contribution >= 0.6 is 0 Å². The van der Waals surface area contributed by atoms with E-state index in [2.05, 4.69) is 0 Å². The molecule has 0 aliphatic rings. The SMILES string of the molecule is COc1ccc(-c2c(C(F)(F)F)c(=O)oc3ccccc23)cc1. The number of benzene rings is 2. The van der Waals surface area contributed by atoms with Gasteiger partial charge in [0.15, 0.2) is 0 Å². The summed E-state index contributed by atoms with van der Waals surface area (Å²) >= 11 is 0. The van der Waals surface area contributed by atoms with E-state index >= 15 is 0 Å². The molecule has 0 radical (unpaired) electrons. The Labute approximate surface area is 128 Å². The lowest BCUT2D eigenvalue weighted by Gasteiger charge is -2.14. The smallest absolute Gasteiger partial charge is 0.424 e. The molecule has 2 aromatic carbocycles. The second kappa shape index (κ2) is 5.46. The maximum absolute atomic E-state index is 13.4. The van der Waals surface area contributed by atoms with Crippen LogP contribution in [0.3, 0.4) is 0 Å². The average molecular weight is 320 g/mol. The van der Waals surface area contributed by atoms with Crippen LogP contribution in [0.5, 0.6) is 5.75 Å². The van der Waals surface area contributed by atoms with Gasteiger partial charge in [-0.3, -0.25) is 0 Å². The predicted octanol–water partition coefficient (Wildman–Crippen LogP) is 4.49. The zero-order chi connectivity index (χ0) is 16.6. The van der Waals surface area contributed by atoms with Crippen LogP contribution < -0.4 is 10.4 Å². The van der Waals surface area contributed by atoms with E-state index in [9.17, 15) is 18.0 Å². The molecule has 118 valence electrons. The molecular weight excluding hydrogens is 309 g/mol. The third-order valence-corrected chi connectivity index (χ3v) is 3.48. The van der Waals surface area contributed by atoms with E-state index in [1.165, 1.54) is 31.4 Å². The van der Waals surface area contributed by atoms with Gasteiger partial charge in [0, 0.05) is 10.9 Å². The lowest BCUT2D eigenvalue weighted by molar-refractivity contribution is -0.139. The van der Waals surface area contributed by atoms with Gasteiger partial charge in [0.25, 0.3) is 0 Å². The summed E-state index contributed by atoms with van der Waals surface area (Å²) in [6, 6.07) is 12.2. The summed E-state index contributed by atoms with van der Waals surface area (Å²) < 4.78 is 50.0. The summed E-state index contributed by atoms with van der Waals surface area (Å²) in [5, 5.41) is 0.226. The molecule has 1 aromatic heterocycles. The fraction of sp³-hybridized carbons (Fsp3) is 0.118. The van der Waals surface area contributed by atoms with Crippen molar-refractivity contribution in [3.8, 4) is 16.9 Å².